The van der Waals surface area contributed by atoms with Crippen molar-refractivity contribution < 1.29 is 13.2 Å². The van der Waals surface area contributed by atoms with E-state index in [1.807, 2.05) is 0 Å². The van der Waals surface area contributed by atoms with Crippen LogP contribution in [0.1, 0.15) is 6.42 Å². The molecule has 0 atom stereocenters. The molecule has 0 aromatic carbocycles. The largest absolute Gasteiger partial charge is 0.390 e. The lowest BCUT2D eigenvalue weighted by atomic mass is 10.4. The van der Waals surface area contributed by atoms with Gasteiger partial charge < -0.3 is 5.32 Å². The molecule has 1 radical (unpaired) electrons. The average molecular weight is 126 g/mol. The standard InChI is InChI=1S/C4H7F3N/c1-8-3-2-4(5,6)7/h3,8H,2H2,1H3. The second-order valence-electron chi connectivity index (χ2n) is 1.31. The van der Waals surface area contributed by atoms with Crippen LogP contribution in [0.3, 0.4) is 0 Å². The molecule has 0 amide bonds. The lowest BCUT2D eigenvalue weighted by Crippen LogP contribution is -2.12. The number of alkyl halides is 3. The summed E-state index contributed by atoms with van der Waals surface area (Å²) in [6.07, 6.45) is -4.94. The van der Waals surface area contributed by atoms with Crippen molar-refractivity contribution in [2.45, 2.75) is 12.6 Å². The maximum absolute atomic E-state index is 11.2. The summed E-state index contributed by atoms with van der Waals surface area (Å²) in [5, 5.41) is 2.28. The van der Waals surface area contributed by atoms with Crippen LogP contribution in [0, 0.1) is 6.54 Å². The maximum Gasteiger partial charge on any atom is 0.390 e. The topological polar surface area (TPSA) is 12.0 Å². The molecular weight excluding hydrogens is 119 g/mol. The molecule has 1 N–H and O–H groups in total. The first-order valence-electron chi connectivity index (χ1n) is 2.12. The Hall–Kier alpha value is -0.250. The predicted octanol–water partition coefficient (Wildman–Crippen LogP) is 1.32. The second-order valence-corrected chi connectivity index (χ2v) is 1.31. The van der Waals surface area contributed by atoms with Crippen molar-refractivity contribution in [3.05, 3.63) is 6.54 Å². The molecule has 0 heterocycles. The van der Waals surface area contributed by atoms with Crippen LogP contribution in [0.4, 0.5) is 13.2 Å². The van der Waals surface area contributed by atoms with Crippen LogP contribution in [0.2, 0.25) is 0 Å². The highest BCUT2D eigenvalue weighted by Gasteiger charge is 2.25. The zero-order chi connectivity index (χ0) is 6.62. The quantitative estimate of drug-likeness (QED) is 0.588. The van der Waals surface area contributed by atoms with Crippen molar-refractivity contribution in [3.8, 4) is 0 Å². The van der Waals surface area contributed by atoms with Gasteiger partial charge in [-0.1, -0.05) is 0 Å². The van der Waals surface area contributed by atoms with Gasteiger partial charge in [-0.2, -0.15) is 13.2 Å². The average Bonchev–Trinajstić information content (AvgIpc) is 1.59. The third-order valence-corrected chi connectivity index (χ3v) is 0.538. The van der Waals surface area contributed by atoms with Gasteiger partial charge in [0.1, 0.15) is 0 Å². The molecule has 8 heavy (non-hydrogen) atoms. The molecule has 0 aliphatic rings. The van der Waals surface area contributed by atoms with Crippen molar-refractivity contribution in [3.63, 3.8) is 0 Å². The lowest BCUT2D eigenvalue weighted by molar-refractivity contribution is -0.128. The Labute approximate surface area is 45.9 Å². The maximum atomic E-state index is 11.2. The van der Waals surface area contributed by atoms with Gasteiger partial charge in [0.25, 0.3) is 0 Å². The van der Waals surface area contributed by atoms with E-state index >= 15 is 0 Å². The summed E-state index contributed by atoms with van der Waals surface area (Å²) in [7, 11) is 1.44. The third kappa shape index (κ3) is 5.75. The van der Waals surface area contributed by atoms with Gasteiger partial charge in [0.2, 0.25) is 0 Å². The van der Waals surface area contributed by atoms with Crippen molar-refractivity contribution in [2.75, 3.05) is 7.05 Å². The molecule has 0 bridgehead atoms. The van der Waals surface area contributed by atoms with Gasteiger partial charge in [0.05, 0.1) is 6.42 Å². The Bertz CT molecular complexity index is 58.8. The summed E-state index contributed by atoms with van der Waals surface area (Å²) < 4.78 is 33.5. The summed E-state index contributed by atoms with van der Waals surface area (Å²) in [6, 6.07) is 0. The number of hydrogen-bond acceptors (Lipinski definition) is 1. The van der Waals surface area contributed by atoms with E-state index in [2.05, 4.69) is 5.32 Å². The lowest BCUT2D eigenvalue weighted by Gasteiger charge is -2.02. The highest BCUT2D eigenvalue weighted by molar-refractivity contribution is 4.63. The molecular formula is C4H7F3N. The van der Waals surface area contributed by atoms with Crippen LogP contribution in [-0.4, -0.2) is 13.2 Å². The fourth-order valence-electron chi connectivity index (χ4n) is 0.218. The fraction of sp³-hybridized carbons (Fsp3) is 0.750. The molecule has 0 aromatic rings. The zero-order valence-electron chi connectivity index (χ0n) is 4.42. The fourth-order valence-corrected chi connectivity index (χ4v) is 0.218. The second kappa shape index (κ2) is 2.91. The molecule has 0 spiro atoms. The smallest absolute Gasteiger partial charge is 0.315 e. The van der Waals surface area contributed by atoms with E-state index in [1.54, 1.807) is 0 Å². The summed E-state index contributed by atoms with van der Waals surface area (Å²) >= 11 is 0. The van der Waals surface area contributed by atoms with Gasteiger partial charge in [-0.25, -0.2) is 0 Å². The van der Waals surface area contributed by atoms with Gasteiger partial charge in [-0.15, -0.1) is 0 Å². The Morgan fingerprint density at radius 1 is 1.50 bits per heavy atom. The number of nitrogens with one attached hydrogen (secondary N) is 1. The number of rotatable bonds is 2. The van der Waals surface area contributed by atoms with E-state index in [9.17, 15) is 13.2 Å². The van der Waals surface area contributed by atoms with Crippen LogP contribution in [-0.2, 0) is 0 Å². The van der Waals surface area contributed by atoms with Crippen LogP contribution < -0.4 is 5.32 Å². The van der Waals surface area contributed by atoms with E-state index in [-0.39, 0.29) is 0 Å². The van der Waals surface area contributed by atoms with Gasteiger partial charge >= 0.3 is 6.18 Å². The van der Waals surface area contributed by atoms with Crippen LogP contribution >= 0.6 is 0 Å². The molecule has 1 nitrogen and oxygen atoms in total. The summed E-state index contributed by atoms with van der Waals surface area (Å²) in [4.78, 5) is 0. The van der Waals surface area contributed by atoms with Crippen molar-refractivity contribution >= 4 is 0 Å². The first-order valence-corrected chi connectivity index (χ1v) is 2.12. The minimum absolute atomic E-state index is 0.872. The first kappa shape index (κ1) is 7.75. The van der Waals surface area contributed by atoms with Crippen LogP contribution in [0.5, 0.6) is 0 Å². The number of halogens is 3. The summed E-state index contributed by atoms with van der Waals surface area (Å²) in [5.41, 5.74) is 0. The van der Waals surface area contributed by atoms with Crippen molar-refractivity contribution in [2.24, 2.45) is 0 Å². The number of hydrogen-bond donors (Lipinski definition) is 1. The summed E-state index contributed by atoms with van der Waals surface area (Å²) in [5.74, 6) is 0. The van der Waals surface area contributed by atoms with Gasteiger partial charge in [0, 0.05) is 6.54 Å². The molecule has 0 saturated carbocycles. The summed E-state index contributed by atoms with van der Waals surface area (Å²) in [6.45, 7) is 0.958. The SMILES string of the molecule is CN[CH]CC(F)(F)F. The van der Waals surface area contributed by atoms with E-state index in [1.165, 1.54) is 7.05 Å². The minimum atomic E-state index is -4.07. The normalized spacial score (nSPS) is 12.0. The van der Waals surface area contributed by atoms with Gasteiger partial charge in [0.15, 0.2) is 0 Å². The minimum Gasteiger partial charge on any atom is -0.315 e. The molecule has 49 valence electrons. The van der Waals surface area contributed by atoms with Crippen LogP contribution in [0.25, 0.3) is 0 Å². The highest BCUT2D eigenvalue weighted by Crippen LogP contribution is 2.19. The zero-order valence-corrected chi connectivity index (χ0v) is 4.42. The molecule has 0 aromatic heterocycles. The molecule has 0 rings (SSSR count). The molecule has 0 unspecified atom stereocenters. The first-order chi connectivity index (χ1) is 3.56. The van der Waals surface area contributed by atoms with Crippen molar-refractivity contribution in [1.82, 2.24) is 5.32 Å². The molecule has 0 saturated heterocycles. The molecule has 0 fully saturated rings. The van der Waals surface area contributed by atoms with E-state index in [0.717, 1.165) is 6.54 Å². The predicted molar refractivity (Wildman–Crippen MR) is 24.0 cm³/mol. The van der Waals surface area contributed by atoms with Gasteiger partial charge in [-0.05, 0) is 7.05 Å². The van der Waals surface area contributed by atoms with E-state index < -0.39 is 12.6 Å². The van der Waals surface area contributed by atoms with E-state index in [4.69, 9.17) is 0 Å². The molecule has 0 aliphatic heterocycles. The Kier molecular flexibility index (Phi) is 2.82. The van der Waals surface area contributed by atoms with Crippen molar-refractivity contribution in [1.29, 1.82) is 0 Å². The van der Waals surface area contributed by atoms with Gasteiger partial charge in [-0.3, -0.25) is 0 Å². The monoisotopic (exact) mass is 126 g/mol. The molecule has 4 heteroatoms. The van der Waals surface area contributed by atoms with E-state index in [0.29, 0.717) is 0 Å². The Morgan fingerprint density at radius 2 is 2.00 bits per heavy atom. The van der Waals surface area contributed by atoms with Crippen LogP contribution in [0.15, 0.2) is 0 Å². The molecule has 0 aliphatic carbocycles. The Morgan fingerprint density at radius 3 is 2.12 bits per heavy atom. The highest BCUT2D eigenvalue weighted by atomic mass is 19.4. The third-order valence-electron chi connectivity index (χ3n) is 0.538. The Balaban J connectivity index is 3.11.